The fourth-order valence-electron chi connectivity index (χ4n) is 2.36. The summed E-state index contributed by atoms with van der Waals surface area (Å²) in [5.41, 5.74) is 1.74. The molecular weight excluding hydrogens is 302 g/mol. The first-order valence-corrected chi connectivity index (χ1v) is 8.09. The highest BCUT2D eigenvalue weighted by molar-refractivity contribution is 5.95. The Labute approximate surface area is 143 Å². The number of amides is 1. The van der Waals surface area contributed by atoms with Crippen molar-refractivity contribution in [3.8, 4) is 5.75 Å². The fraction of sp³-hybridized carbons (Fsp3) is 0.300. The molecule has 0 aliphatic heterocycles. The third-order valence-electron chi connectivity index (χ3n) is 4.12. The first-order chi connectivity index (χ1) is 11.5. The third kappa shape index (κ3) is 4.44. The largest absolute Gasteiger partial charge is 0.484 e. The van der Waals surface area contributed by atoms with E-state index < -0.39 is 0 Å². The van der Waals surface area contributed by atoms with Crippen LogP contribution in [-0.4, -0.2) is 30.2 Å². The van der Waals surface area contributed by atoms with Crippen LogP contribution in [0.15, 0.2) is 54.6 Å². The minimum atomic E-state index is -0.0972. The number of hydrogen-bond acceptors (Lipinski definition) is 3. The Kier molecular flexibility index (Phi) is 6.13. The lowest BCUT2D eigenvalue weighted by Crippen LogP contribution is -2.33. The number of likely N-dealkylation sites (N-methyl/N-ethyl adjacent to an activating group) is 1. The van der Waals surface area contributed by atoms with Gasteiger partial charge in [0.25, 0.3) is 5.91 Å². The zero-order valence-corrected chi connectivity index (χ0v) is 14.4. The van der Waals surface area contributed by atoms with Crippen molar-refractivity contribution >= 4 is 11.7 Å². The highest BCUT2D eigenvalue weighted by Gasteiger charge is 2.17. The number of rotatable bonds is 7. The molecule has 0 N–H and O–H groups in total. The normalized spacial score (nSPS) is 11.6. The van der Waals surface area contributed by atoms with Gasteiger partial charge in [-0.2, -0.15) is 0 Å². The Balaban J connectivity index is 1.91. The summed E-state index contributed by atoms with van der Waals surface area (Å²) < 4.78 is 5.54. The molecule has 1 atom stereocenters. The lowest BCUT2D eigenvalue weighted by molar-refractivity contribution is -0.134. The summed E-state index contributed by atoms with van der Waals surface area (Å²) in [5.74, 6) is 0.575. The predicted molar refractivity (Wildman–Crippen MR) is 94.2 cm³/mol. The molecule has 4 nitrogen and oxygen atoms in total. The molecule has 0 saturated carbocycles. The minimum Gasteiger partial charge on any atom is -0.484 e. The van der Waals surface area contributed by atoms with Crippen molar-refractivity contribution in [1.29, 1.82) is 0 Å². The molecule has 0 bridgehead atoms. The minimum absolute atomic E-state index is 0.0214. The van der Waals surface area contributed by atoms with Gasteiger partial charge in [-0.3, -0.25) is 9.59 Å². The van der Waals surface area contributed by atoms with Gasteiger partial charge in [0.2, 0.25) is 0 Å². The van der Waals surface area contributed by atoms with Crippen LogP contribution in [0.2, 0.25) is 0 Å². The van der Waals surface area contributed by atoms with Crippen molar-refractivity contribution in [1.82, 2.24) is 4.90 Å². The van der Waals surface area contributed by atoms with E-state index >= 15 is 0 Å². The topological polar surface area (TPSA) is 46.6 Å². The van der Waals surface area contributed by atoms with Crippen LogP contribution in [0, 0.1) is 0 Å². The van der Waals surface area contributed by atoms with Gasteiger partial charge in [0.15, 0.2) is 12.4 Å². The van der Waals surface area contributed by atoms with E-state index in [2.05, 4.69) is 0 Å². The number of carbonyl (C=O) groups excluding carboxylic acids is 2. The second-order valence-corrected chi connectivity index (χ2v) is 5.68. The summed E-state index contributed by atoms with van der Waals surface area (Å²) in [4.78, 5) is 25.6. The smallest absolute Gasteiger partial charge is 0.260 e. The number of Topliss-reactive ketones (excluding diaryl/α,β-unsaturated/α-hetero) is 1. The standard InChI is InChI=1S/C20H23NO3/c1-4-19(22)17-10-12-18(13-11-17)24-14-20(23)21(3)15(2)16-8-6-5-7-9-16/h5-13,15H,4,14H2,1-3H3. The maximum Gasteiger partial charge on any atom is 0.260 e. The Hall–Kier alpha value is -2.62. The summed E-state index contributed by atoms with van der Waals surface area (Å²) in [6.45, 7) is 3.78. The van der Waals surface area contributed by atoms with Crippen molar-refractivity contribution in [3.05, 3.63) is 65.7 Å². The van der Waals surface area contributed by atoms with E-state index in [0.717, 1.165) is 5.56 Å². The number of ketones is 1. The molecule has 0 spiro atoms. The third-order valence-corrected chi connectivity index (χ3v) is 4.12. The molecule has 24 heavy (non-hydrogen) atoms. The van der Waals surface area contributed by atoms with Crippen LogP contribution in [0.5, 0.6) is 5.75 Å². The Bertz CT molecular complexity index is 680. The maximum absolute atomic E-state index is 12.3. The molecule has 0 radical (unpaired) electrons. The molecular formula is C20H23NO3. The molecule has 126 valence electrons. The van der Waals surface area contributed by atoms with Gasteiger partial charge in [-0.1, -0.05) is 37.3 Å². The number of ether oxygens (including phenoxy) is 1. The van der Waals surface area contributed by atoms with Gasteiger partial charge < -0.3 is 9.64 Å². The predicted octanol–water partition coefficient (Wildman–Crippen LogP) is 3.88. The molecule has 1 unspecified atom stereocenters. The van der Waals surface area contributed by atoms with Gasteiger partial charge in [-0.25, -0.2) is 0 Å². The summed E-state index contributed by atoms with van der Waals surface area (Å²) in [6, 6.07) is 16.7. The van der Waals surface area contributed by atoms with Crippen LogP contribution in [-0.2, 0) is 4.79 Å². The van der Waals surface area contributed by atoms with Gasteiger partial charge in [0.05, 0.1) is 6.04 Å². The lowest BCUT2D eigenvalue weighted by Gasteiger charge is -2.25. The van der Waals surface area contributed by atoms with Gasteiger partial charge in [0.1, 0.15) is 5.75 Å². The van der Waals surface area contributed by atoms with Crippen molar-refractivity contribution in [3.63, 3.8) is 0 Å². The van der Waals surface area contributed by atoms with E-state index in [9.17, 15) is 9.59 Å². The van der Waals surface area contributed by atoms with Gasteiger partial charge in [0, 0.05) is 19.0 Å². The van der Waals surface area contributed by atoms with Gasteiger partial charge >= 0.3 is 0 Å². The monoisotopic (exact) mass is 325 g/mol. The molecule has 0 aliphatic rings. The van der Waals surface area contributed by atoms with Crippen LogP contribution in [0.25, 0.3) is 0 Å². The summed E-state index contributed by atoms with van der Waals surface area (Å²) in [5, 5.41) is 0. The van der Waals surface area contributed by atoms with E-state index in [4.69, 9.17) is 4.74 Å². The van der Waals surface area contributed by atoms with Crippen LogP contribution in [0.1, 0.15) is 42.2 Å². The molecule has 2 rings (SSSR count). The molecule has 0 heterocycles. The summed E-state index contributed by atoms with van der Waals surface area (Å²) in [6.07, 6.45) is 0.473. The highest BCUT2D eigenvalue weighted by atomic mass is 16.5. The molecule has 2 aromatic carbocycles. The molecule has 4 heteroatoms. The van der Waals surface area contributed by atoms with E-state index in [0.29, 0.717) is 17.7 Å². The molecule has 2 aromatic rings. The molecule has 0 saturated heterocycles. The van der Waals surface area contributed by atoms with Crippen molar-refractivity contribution in [2.45, 2.75) is 26.3 Å². The fourth-order valence-corrected chi connectivity index (χ4v) is 2.36. The second kappa shape index (κ2) is 8.29. The van der Waals surface area contributed by atoms with Crippen LogP contribution in [0.4, 0.5) is 0 Å². The highest BCUT2D eigenvalue weighted by Crippen LogP contribution is 2.19. The van der Waals surface area contributed by atoms with Gasteiger partial charge in [-0.05, 0) is 36.8 Å². The summed E-state index contributed by atoms with van der Waals surface area (Å²) in [7, 11) is 1.77. The number of carbonyl (C=O) groups is 2. The van der Waals surface area contributed by atoms with Crippen molar-refractivity contribution < 1.29 is 14.3 Å². The summed E-state index contributed by atoms with van der Waals surface area (Å²) >= 11 is 0. The maximum atomic E-state index is 12.3. The second-order valence-electron chi connectivity index (χ2n) is 5.68. The van der Waals surface area contributed by atoms with Crippen LogP contribution < -0.4 is 4.74 Å². The Morgan fingerprint density at radius 2 is 1.67 bits per heavy atom. The molecule has 0 aromatic heterocycles. The van der Waals surface area contributed by atoms with Crippen molar-refractivity contribution in [2.75, 3.05) is 13.7 Å². The zero-order chi connectivity index (χ0) is 17.5. The molecule has 0 fully saturated rings. The van der Waals surface area contributed by atoms with Crippen LogP contribution >= 0.6 is 0 Å². The van der Waals surface area contributed by atoms with E-state index in [-0.39, 0.29) is 24.3 Å². The van der Waals surface area contributed by atoms with Gasteiger partial charge in [-0.15, -0.1) is 0 Å². The number of hydrogen-bond donors (Lipinski definition) is 0. The average Bonchev–Trinajstić information content (AvgIpc) is 2.65. The number of nitrogens with zero attached hydrogens (tertiary/aromatic N) is 1. The van der Waals surface area contributed by atoms with Crippen LogP contribution in [0.3, 0.4) is 0 Å². The number of benzene rings is 2. The SMILES string of the molecule is CCC(=O)c1ccc(OCC(=O)N(C)C(C)c2ccccc2)cc1. The first kappa shape index (κ1) is 17.7. The van der Waals surface area contributed by atoms with E-state index in [1.54, 1.807) is 36.2 Å². The first-order valence-electron chi connectivity index (χ1n) is 8.09. The molecule has 1 amide bonds. The zero-order valence-electron chi connectivity index (χ0n) is 14.4. The quantitative estimate of drug-likeness (QED) is 0.726. The van der Waals surface area contributed by atoms with E-state index in [1.165, 1.54) is 0 Å². The molecule has 0 aliphatic carbocycles. The van der Waals surface area contributed by atoms with E-state index in [1.807, 2.05) is 44.2 Å². The average molecular weight is 325 g/mol. The Morgan fingerprint density at radius 3 is 2.25 bits per heavy atom. The Morgan fingerprint density at radius 1 is 1.04 bits per heavy atom. The lowest BCUT2D eigenvalue weighted by atomic mass is 10.1. The van der Waals surface area contributed by atoms with Crippen molar-refractivity contribution in [2.24, 2.45) is 0 Å².